The molecule has 1 unspecified atom stereocenters. The van der Waals surface area contributed by atoms with E-state index in [0.29, 0.717) is 25.9 Å². The first-order valence-corrected chi connectivity index (χ1v) is 12.5. The number of ether oxygens (including phenoxy) is 7. The van der Waals surface area contributed by atoms with Crippen LogP contribution in [0.1, 0.15) is 67.7 Å². The molecule has 0 saturated carbocycles. The maximum absolute atomic E-state index is 12.9. The van der Waals surface area contributed by atoms with E-state index in [0.717, 1.165) is 27.7 Å². The van der Waals surface area contributed by atoms with Gasteiger partial charge in [-0.25, -0.2) is 4.79 Å². The zero-order valence-corrected chi connectivity index (χ0v) is 23.4. The van der Waals surface area contributed by atoms with Crippen molar-refractivity contribution in [2.45, 2.75) is 98.4 Å². The summed E-state index contributed by atoms with van der Waals surface area (Å²) in [7, 11) is 0. The summed E-state index contributed by atoms with van der Waals surface area (Å²) in [4.78, 5) is 70.7. The van der Waals surface area contributed by atoms with E-state index in [-0.39, 0.29) is 17.5 Å². The second kappa shape index (κ2) is 16.5. The molecule has 1 heterocycles. The summed E-state index contributed by atoms with van der Waals surface area (Å²) < 4.78 is 37.1. The smallest absolute Gasteiger partial charge is 0.335 e. The average Bonchev–Trinajstić information content (AvgIpc) is 2.80. The van der Waals surface area contributed by atoms with Crippen molar-refractivity contribution in [3.63, 3.8) is 0 Å². The molecule has 1 aliphatic heterocycles. The van der Waals surface area contributed by atoms with Gasteiger partial charge in [0.1, 0.15) is 12.7 Å². The zero-order valence-electron chi connectivity index (χ0n) is 23.4. The highest BCUT2D eigenvalue weighted by Crippen LogP contribution is 2.30. The molecule has 1 aliphatic rings. The van der Waals surface area contributed by atoms with Crippen molar-refractivity contribution < 1.29 is 61.9 Å². The van der Waals surface area contributed by atoms with Crippen LogP contribution in [0, 0.1) is 5.92 Å². The highest BCUT2D eigenvalue weighted by molar-refractivity contribution is 5.87. The number of esters is 6. The lowest BCUT2D eigenvalue weighted by Gasteiger charge is -2.43. The van der Waals surface area contributed by atoms with Gasteiger partial charge in [0.05, 0.1) is 6.61 Å². The summed E-state index contributed by atoms with van der Waals surface area (Å²) in [5, 5.41) is 0. The standard InChI is InChI=1S/C26H38O13/c1-14(11-12-33-16(3)27)9-8-10-15(2)25(32)39-26-24(37-20(7)31)23(36-19(6)30)22(35-18(5)29)21(38-26)13-34-17(4)28/h10,14,21-24,26H,8-9,11-13H2,1-7H3/b15-10+/t14?,21-,22-,23+,24-,26+/m1/s1. The molecule has 13 heteroatoms. The minimum atomic E-state index is -1.59. The van der Waals surface area contributed by atoms with Gasteiger partial charge < -0.3 is 33.2 Å². The van der Waals surface area contributed by atoms with Gasteiger partial charge in [-0.05, 0) is 32.1 Å². The fourth-order valence-corrected chi connectivity index (χ4v) is 3.70. The lowest BCUT2D eigenvalue weighted by atomic mass is 9.98. The van der Waals surface area contributed by atoms with Crippen LogP contribution in [0.4, 0.5) is 0 Å². The van der Waals surface area contributed by atoms with E-state index in [1.54, 1.807) is 6.08 Å². The lowest BCUT2D eigenvalue weighted by Crippen LogP contribution is -2.63. The predicted octanol–water partition coefficient (Wildman–Crippen LogP) is 1.93. The Labute approximate surface area is 227 Å². The molecule has 220 valence electrons. The first-order valence-electron chi connectivity index (χ1n) is 12.5. The van der Waals surface area contributed by atoms with Gasteiger partial charge in [0.15, 0.2) is 12.2 Å². The molecule has 13 nitrogen and oxygen atoms in total. The Kier molecular flexibility index (Phi) is 14.2. The number of hydrogen-bond acceptors (Lipinski definition) is 13. The second-order valence-corrected chi connectivity index (χ2v) is 9.17. The first kappa shape index (κ1) is 33.5. The molecule has 0 amide bonds. The van der Waals surface area contributed by atoms with Gasteiger partial charge in [-0.3, -0.25) is 24.0 Å². The Bertz CT molecular complexity index is 925. The predicted molar refractivity (Wildman–Crippen MR) is 131 cm³/mol. The van der Waals surface area contributed by atoms with Crippen molar-refractivity contribution in [1.82, 2.24) is 0 Å². The minimum absolute atomic E-state index is 0.226. The van der Waals surface area contributed by atoms with E-state index in [1.807, 2.05) is 6.92 Å². The fourth-order valence-electron chi connectivity index (χ4n) is 3.70. The summed E-state index contributed by atoms with van der Waals surface area (Å²) in [6.07, 6.45) is -3.54. The molecule has 39 heavy (non-hydrogen) atoms. The van der Waals surface area contributed by atoms with Crippen LogP contribution in [-0.2, 0) is 61.9 Å². The van der Waals surface area contributed by atoms with Gasteiger partial charge >= 0.3 is 35.8 Å². The molecule has 1 rings (SSSR count). The number of carbonyl (C=O) groups is 6. The maximum atomic E-state index is 12.9. The van der Waals surface area contributed by atoms with Crippen LogP contribution in [-0.4, -0.2) is 79.7 Å². The third-order valence-electron chi connectivity index (χ3n) is 5.52. The Morgan fingerprint density at radius 3 is 1.77 bits per heavy atom. The zero-order chi connectivity index (χ0) is 29.7. The Morgan fingerprint density at radius 1 is 0.692 bits per heavy atom. The molecule has 0 spiro atoms. The molecule has 0 N–H and O–H groups in total. The number of rotatable bonds is 13. The normalized spacial score (nSPS) is 23.6. The number of allylic oxidation sites excluding steroid dienone is 1. The molecule has 0 bridgehead atoms. The van der Waals surface area contributed by atoms with Crippen molar-refractivity contribution >= 4 is 35.8 Å². The molecule has 0 aromatic rings. The summed E-state index contributed by atoms with van der Waals surface area (Å²) >= 11 is 0. The third kappa shape index (κ3) is 12.7. The van der Waals surface area contributed by atoms with Gasteiger partial charge in [-0.1, -0.05) is 13.0 Å². The SMILES string of the molecule is CC(=O)OCCC(C)CC/C=C(\C)C(=O)O[C@@H]1O[C@H](COC(C)=O)[C@@H](OC(C)=O)[C@H](OC(C)=O)[C@H]1OC(C)=O. The molecule has 0 aromatic carbocycles. The van der Waals surface area contributed by atoms with Crippen LogP contribution >= 0.6 is 0 Å². The fraction of sp³-hybridized carbons (Fsp3) is 0.692. The topological polar surface area (TPSA) is 167 Å². The monoisotopic (exact) mass is 558 g/mol. The van der Waals surface area contributed by atoms with E-state index in [2.05, 4.69) is 0 Å². The highest BCUT2D eigenvalue weighted by atomic mass is 16.7. The van der Waals surface area contributed by atoms with Gasteiger partial charge in [-0.2, -0.15) is 0 Å². The molecule has 0 radical (unpaired) electrons. The average molecular weight is 559 g/mol. The van der Waals surface area contributed by atoms with Crippen molar-refractivity contribution in [1.29, 1.82) is 0 Å². The van der Waals surface area contributed by atoms with Crippen molar-refractivity contribution in [2.24, 2.45) is 5.92 Å². The van der Waals surface area contributed by atoms with Gasteiger partial charge in [0.2, 0.25) is 12.4 Å². The third-order valence-corrected chi connectivity index (χ3v) is 5.52. The van der Waals surface area contributed by atoms with Crippen LogP contribution in [0.2, 0.25) is 0 Å². The number of hydrogen-bond donors (Lipinski definition) is 0. The summed E-state index contributed by atoms with van der Waals surface area (Å²) in [6.45, 7) is 9.16. The largest absolute Gasteiger partial charge is 0.466 e. The Balaban J connectivity index is 3.10. The van der Waals surface area contributed by atoms with Crippen LogP contribution < -0.4 is 0 Å². The summed E-state index contributed by atoms with van der Waals surface area (Å²) in [5.41, 5.74) is 0.232. The maximum Gasteiger partial charge on any atom is 0.335 e. The Hall–Kier alpha value is -3.48. The van der Waals surface area contributed by atoms with E-state index in [1.165, 1.54) is 13.8 Å². The minimum Gasteiger partial charge on any atom is -0.466 e. The van der Waals surface area contributed by atoms with E-state index >= 15 is 0 Å². The van der Waals surface area contributed by atoms with E-state index in [9.17, 15) is 28.8 Å². The number of carbonyl (C=O) groups excluding carboxylic acids is 6. The van der Waals surface area contributed by atoms with Crippen LogP contribution in [0.5, 0.6) is 0 Å². The molecule has 1 saturated heterocycles. The van der Waals surface area contributed by atoms with Crippen LogP contribution in [0.3, 0.4) is 0 Å². The van der Waals surface area contributed by atoms with Gasteiger partial charge in [0.25, 0.3) is 0 Å². The van der Waals surface area contributed by atoms with Crippen molar-refractivity contribution in [3.05, 3.63) is 11.6 Å². The van der Waals surface area contributed by atoms with Gasteiger partial charge in [0, 0.05) is 40.2 Å². The van der Waals surface area contributed by atoms with E-state index < -0.39 is 67.2 Å². The Morgan fingerprint density at radius 2 is 1.23 bits per heavy atom. The quantitative estimate of drug-likeness (QED) is 0.183. The van der Waals surface area contributed by atoms with Crippen molar-refractivity contribution in [2.75, 3.05) is 13.2 Å². The second-order valence-electron chi connectivity index (χ2n) is 9.17. The lowest BCUT2D eigenvalue weighted by molar-refractivity contribution is -0.299. The van der Waals surface area contributed by atoms with Crippen LogP contribution in [0.15, 0.2) is 11.6 Å². The van der Waals surface area contributed by atoms with Gasteiger partial charge in [-0.15, -0.1) is 0 Å². The summed E-state index contributed by atoms with van der Waals surface area (Å²) in [6, 6.07) is 0. The van der Waals surface area contributed by atoms with Crippen molar-refractivity contribution in [3.8, 4) is 0 Å². The molecule has 0 aliphatic carbocycles. The highest BCUT2D eigenvalue weighted by Gasteiger charge is 2.53. The molecular weight excluding hydrogens is 520 g/mol. The van der Waals surface area contributed by atoms with Crippen LogP contribution in [0.25, 0.3) is 0 Å². The first-order chi connectivity index (χ1) is 18.2. The summed E-state index contributed by atoms with van der Waals surface area (Å²) in [5.74, 6) is -3.97. The van der Waals surface area contributed by atoms with E-state index in [4.69, 9.17) is 33.2 Å². The molecular formula is C26H38O13. The molecule has 0 aromatic heterocycles. The molecule has 1 fully saturated rings. The molecule has 6 atom stereocenters.